The summed E-state index contributed by atoms with van der Waals surface area (Å²) in [7, 11) is 0. The third-order valence-electron chi connectivity index (χ3n) is 3.26. The normalized spacial score (nSPS) is 10.5. The lowest BCUT2D eigenvalue weighted by atomic mass is 10.1. The Hall–Kier alpha value is -3.22. The highest BCUT2D eigenvalue weighted by Gasteiger charge is 2.13. The number of aryl methyl sites for hydroxylation is 1. The summed E-state index contributed by atoms with van der Waals surface area (Å²) in [5.74, 6) is -0.579. The van der Waals surface area contributed by atoms with E-state index in [9.17, 15) is 9.18 Å². The first kappa shape index (κ1) is 14.7. The van der Waals surface area contributed by atoms with Gasteiger partial charge in [-0.2, -0.15) is 0 Å². The predicted octanol–water partition coefficient (Wildman–Crippen LogP) is 3.03. The van der Waals surface area contributed by atoms with Crippen molar-refractivity contribution in [2.24, 2.45) is 5.73 Å². The van der Waals surface area contributed by atoms with Gasteiger partial charge in [-0.15, -0.1) is 0 Å². The first-order valence-corrected chi connectivity index (χ1v) is 6.77. The Bertz CT molecular complexity index is 863. The van der Waals surface area contributed by atoms with Gasteiger partial charge in [-0.3, -0.25) is 9.78 Å². The van der Waals surface area contributed by atoms with Crippen LogP contribution in [0.1, 0.15) is 16.1 Å². The fourth-order valence-electron chi connectivity index (χ4n) is 2.15. The van der Waals surface area contributed by atoms with Gasteiger partial charge in [0.05, 0.1) is 29.9 Å². The van der Waals surface area contributed by atoms with Crippen LogP contribution < -0.4 is 11.1 Å². The molecule has 0 aliphatic heterocycles. The number of nitrogens with zero attached hydrogens (tertiary/aromatic N) is 2. The van der Waals surface area contributed by atoms with Crippen molar-refractivity contribution in [2.45, 2.75) is 6.92 Å². The van der Waals surface area contributed by atoms with Crippen molar-refractivity contribution < 1.29 is 13.6 Å². The largest absolute Gasteiger partial charge is 0.464 e. The molecule has 3 rings (SSSR count). The number of nitrogens with two attached hydrogens (primary N) is 1. The Morgan fingerprint density at radius 1 is 1.30 bits per heavy atom. The third kappa shape index (κ3) is 3.03. The van der Waals surface area contributed by atoms with Gasteiger partial charge in [-0.1, -0.05) is 0 Å². The molecule has 1 amide bonds. The molecule has 0 aromatic carbocycles. The molecule has 0 spiro atoms. The molecule has 0 fully saturated rings. The summed E-state index contributed by atoms with van der Waals surface area (Å²) in [6, 6.07) is 6.43. The van der Waals surface area contributed by atoms with Crippen molar-refractivity contribution in [3.05, 3.63) is 60.0 Å². The molecule has 0 atom stereocenters. The van der Waals surface area contributed by atoms with E-state index in [0.717, 1.165) is 23.5 Å². The van der Waals surface area contributed by atoms with E-state index in [1.165, 1.54) is 0 Å². The van der Waals surface area contributed by atoms with Gasteiger partial charge in [-0.25, -0.2) is 9.37 Å². The molecule has 0 saturated heterocycles. The Kier molecular flexibility index (Phi) is 3.76. The smallest absolute Gasteiger partial charge is 0.252 e. The molecule has 116 valence electrons. The molecule has 7 heteroatoms. The van der Waals surface area contributed by atoms with E-state index in [-0.39, 0.29) is 11.4 Å². The molecule has 0 aliphatic rings. The van der Waals surface area contributed by atoms with Crippen LogP contribution in [0.3, 0.4) is 0 Å². The average Bonchev–Trinajstić information content (AvgIpc) is 3.05. The van der Waals surface area contributed by atoms with E-state index in [2.05, 4.69) is 15.3 Å². The number of hydrogen-bond donors (Lipinski definition) is 2. The fourth-order valence-corrected chi connectivity index (χ4v) is 2.15. The van der Waals surface area contributed by atoms with Gasteiger partial charge in [0.25, 0.3) is 5.91 Å². The molecule has 0 radical (unpaired) electrons. The number of carbonyl (C=O) groups is 1. The number of amides is 1. The number of rotatable bonds is 4. The van der Waals surface area contributed by atoms with Gasteiger partial charge in [0, 0.05) is 11.3 Å². The summed E-state index contributed by atoms with van der Waals surface area (Å²) in [5, 5.41) is 2.93. The lowest BCUT2D eigenvalue weighted by molar-refractivity contribution is 0.100. The molecular formula is C16H13FN4O2. The number of hydrogen-bond acceptors (Lipinski definition) is 5. The molecule has 6 nitrogen and oxygen atoms in total. The second-order valence-corrected chi connectivity index (χ2v) is 4.87. The van der Waals surface area contributed by atoms with Gasteiger partial charge < -0.3 is 15.5 Å². The highest BCUT2D eigenvalue weighted by molar-refractivity contribution is 5.98. The number of aromatic nitrogens is 2. The molecule has 3 heterocycles. The SMILES string of the molecule is Cc1ncc(Nc2ncc(F)cc2C(N)=O)cc1-c1ccco1. The summed E-state index contributed by atoms with van der Waals surface area (Å²) in [4.78, 5) is 19.6. The van der Waals surface area contributed by atoms with Gasteiger partial charge in [0.2, 0.25) is 0 Å². The van der Waals surface area contributed by atoms with Crippen molar-refractivity contribution in [2.75, 3.05) is 5.32 Å². The van der Waals surface area contributed by atoms with E-state index < -0.39 is 11.7 Å². The number of pyridine rings is 2. The Morgan fingerprint density at radius 3 is 2.83 bits per heavy atom. The fraction of sp³-hybridized carbons (Fsp3) is 0.0625. The molecule has 3 aromatic heterocycles. The summed E-state index contributed by atoms with van der Waals surface area (Å²) in [6.07, 6.45) is 4.16. The number of anilines is 2. The maximum absolute atomic E-state index is 13.2. The summed E-state index contributed by atoms with van der Waals surface area (Å²) < 4.78 is 18.6. The lowest BCUT2D eigenvalue weighted by Gasteiger charge is -2.10. The van der Waals surface area contributed by atoms with E-state index >= 15 is 0 Å². The zero-order valence-corrected chi connectivity index (χ0v) is 12.2. The second kappa shape index (κ2) is 5.88. The summed E-state index contributed by atoms with van der Waals surface area (Å²) in [6.45, 7) is 1.85. The minimum Gasteiger partial charge on any atom is -0.464 e. The number of primary amides is 1. The van der Waals surface area contributed by atoms with Crippen molar-refractivity contribution in [1.82, 2.24) is 9.97 Å². The molecular weight excluding hydrogens is 299 g/mol. The van der Waals surface area contributed by atoms with Gasteiger partial charge in [0.15, 0.2) is 0 Å². The molecule has 0 saturated carbocycles. The molecule has 3 aromatic rings. The van der Waals surface area contributed by atoms with Crippen LogP contribution in [-0.2, 0) is 0 Å². The van der Waals surface area contributed by atoms with Gasteiger partial charge in [-0.05, 0) is 31.2 Å². The Balaban J connectivity index is 1.98. The molecule has 0 unspecified atom stereocenters. The highest BCUT2D eigenvalue weighted by atomic mass is 19.1. The van der Waals surface area contributed by atoms with Crippen molar-refractivity contribution in [3.8, 4) is 11.3 Å². The van der Waals surface area contributed by atoms with Crippen LogP contribution in [0.4, 0.5) is 15.9 Å². The number of furan rings is 1. The molecule has 0 aliphatic carbocycles. The average molecular weight is 312 g/mol. The van der Waals surface area contributed by atoms with Crippen LogP contribution in [-0.4, -0.2) is 15.9 Å². The maximum atomic E-state index is 13.2. The lowest BCUT2D eigenvalue weighted by Crippen LogP contribution is -2.14. The van der Waals surface area contributed by atoms with Crippen molar-refractivity contribution in [3.63, 3.8) is 0 Å². The van der Waals surface area contributed by atoms with Crippen LogP contribution in [0.5, 0.6) is 0 Å². The quantitative estimate of drug-likeness (QED) is 0.772. The first-order chi connectivity index (χ1) is 11.0. The van der Waals surface area contributed by atoms with Crippen LogP contribution in [0.25, 0.3) is 11.3 Å². The Labute approximate surface area is 131 Å². The minimum atomic E-state index is -0.772. The third-order valence-corrected chi connectivity index (χ3v) is 3.26. The van der Waals surface area contributed by atoms with Gasteiger partial charge >= 0.3 is 0 Å². The summed E-state index contributed by atoms with van der Waals surface area (Å²) in [5.41, 5.74) is 7.37. The Morgan fingerprint density at radius 2 is 2.13 bits per heavy atom. The minimum absolute atomic E-state index is 0.0369. The van der Waals surface area contributed by atoms with E-state index in [1.54, 1.807) is 24.6 Å². The monoisotopic (exact) mass is 312 g/mol. The highest BCUT2D eigenvalue weighted by Crippen LogP contribution is 2.27. The van der Waals surface area contributed by atoms with Crippen molar-refractivity contribution >= 4 is 17.4 Å². The first-order valence-electron chi connectivity index (χ1n) is 6.77. The number of nitrogens with one attached hydrogen (secondary N) is 1. The number of halogens is 1. The zero-order chi connectivity index (χ0) is 16.4. The zero-order valence-electron chi connectivity index (χ0n) is 12.2. The second-order valence-electron chi connectivity index (χ2n) is 4.87. The van der Waals surface area contributed by atoms with Crippen molar-refractivity contribution in [1.29, 1.82) is 0 Å². The number of carbonyl (C=O) groups excluding carboxylic acids is 1. The van der Waals surface area contributed by atoms with E-state index in [1.807, 2.05) is 13.0 Å². The van der Waals surface area contributed by atoms with Gasteiger partial charge in [0.1, 0.15) is 17.4 Å². The molecule has 3 N–H and O–H groups in total. The molecule has 23 heavy (non-hydrogen) atoms. The topological polar surface area (TPSA) is 94.0 Å². The van der Waals surface area contributed by atoms with Crippen LogP contribution in [0, 0.1) is 12.7 Å². The maximum Gasteiger partial charge on any atom is 0.252 e. The van der Waals surface area contributed by atoms with E-state index in [0.29, 0.717) is 11.4 Å². The van der Waals surface area contributed by atoms with Crippen LogP contribution in [0.15, 0.2) is 47.3 Å². The van der Waals surface area contributed by atoms with Crippen LogP contribution in [0.2, 0.25) is 0 Å². The standard InChI is InChI=1S/C16H13FN4O2/c1-9-12(14-3-2-4-23-14)6-11(8-19-9)21-16-13(15(18)22)5-10(17)7-20-16/h2-8H,1H3,(H2,18,22)(H,20,21). The summed E-state index contributed by atoms with van der Waals surface area (Å²) >= 11 is 0. The van der Waals surface area contributed by atoms with E-state index in [4.69, 9.17) is 10.2 Å². The molecule has 0 bridgehead atoms. The predicted molar refractivity (Wildman–Crippen MR) is 82.7 cm³/mol. The van der Waals surface area contributed by atoms with Crippen LogP contribution >= 0.6 is 0 Å².